The molecule has 0 saturated heterocycles. The van der Waals surface area contributed by atoms with Crippen LogP contribution in [0.5, 0.6) is 0 Å². The zero-order chi connectivity index (χ0) is 23.0. The second-order valence-electron chi connectivity index (χ2n) is 8.84. The van der Waals surface area contributed by atoms with Crippen molar-refractivity contribution in [1.29, 1.82) is 0 Å². The second-order valence-corrected chi connectivity index (χ2v) is 8.84. The average Bonchev–Trinajstić information content (AvgIpc) is 3.22. The smallest absolute Gasteiger partial charge is 0.145 e. The van der Waals surface area contributed by atoms with Gasteiger partial charge in [0.1, 0.15) is 18.0 Å². The average molecular weight is 445 g/mol. The number of nitrogens with zero attached hydrogens (tertiary/aromatic N) is 6. The summed E-state index contributed by atoms with van der Waals surface area (Å²) < 4.78 is 2.08. The Hall–Kier alpha value is -2.99. The Balaban J connectivity index is 1.32. The van der Waals surface area contributed by atoms with Crippen LogP contribution in [0, 0.1) is 5.92 Å². The Morgan fingerprint density at radius 1 is 1.12 bits per heavy atom. The van der Waals surface area contributed by atoms with Crippen molar-refractivity contribution in [3.05, 3.63) is 78.1 Å². The summed E-state index contributed by atoms with van der Waals surface area (Å²) in [5.74, 6) is 2.42. The van der Waals surface area contributed by atoms with Gasteiger partial charge in [-0.05, 0) is 43.8 Å². The number of hydrogen-bond donors (Lipinski definition) is 0. The van der Waals surface area contributed by atoms with Crippen LogP contribution < -0.4 is 0 Å². The van der Waals surface area contributed by atoms with E-state index in [4.69, 9.17) is 0 Å². The molecule has 0 saturated carbocycles. The number of amidine groups is 1. The van der Waals surface area contributed by atoms with Gasteiger partial charge >= 0.3 is 0 Å². The molecule has 6 nitrogen and oxygen atoms in total. The van der Waals surface area contributed by atoms with Crippen molar-refractivity contribution in [1.82, 2.24) is 19.4 Å². The number of hydrogen-bond acceptors (Lipinski definition) is 5. The molecule has 0 amide bonds. The summed E-state index contributed by atoms with van der Waals surface area (Å²) in [6.07, 6.45) is 27.2. The van der Waals surface area contributed by atoms with E-state index in [1.807, 2.05) is 19.4 Å². The molecular weight excluding hydrogens is 408 g/mol. The quantitative estimate of drug-likeness (QED) is 0.499. The molecule has 4 rings (SSSR count). The van der Waals surface area contributed by atoms with Gasteiger partial charge in [-0.2, -0.15) is 0 Å². The first kappa shape index (κ1) is 23.2. The first-order chi connectivity index (χ1) is 16.2. The summed E-state index contributed by atoms with van der Waals surface area (Å²) in [7, 11) is 2.04. The van der Waals surface area contributed by atoms with Gasteiger partial charge in [-0.25, -0.2) is 15.0 Å². The van der Waals surface area contributed by atoms with Crippen LogP contribution in [0.15, 0.2) is 82.3 Å². The minimum atomic E-state index is 0.316. The summed E-state index contributed by atoms with van der Waals surface area (Å²) >= 11 is 0. The van der Waals surface area contributed by atoms with Gasteiger partial charge in [-0.15, -0.1) is 0 Å². The number of aliphatic imine (C=N–C) groups is 2. The van der Waals surface area contributed by atoms with Crippen molar-refractivity contribution in [3.8, 4) is 0 Å². The lowest BCUT2D eigenvalue weighted by molar-refractivity contribution is 0.243. The van der Waals surface area contributed by atoms with Crippen LogP contribution >= 0.6 is 0 Å². The molecule has 0 N–H and O–H groups in total. The lowest BCUT2D eigenvalue weighted by Gasteiger charge is -2.30. The van der Waals surface area contributed by atoms with E-state index < -0.39 is 0 Å². The van der Waals surface area contributed by atoms with Crippen LogP contribution in [-0.4, -0.2) is 57.2 Å². The molecule has 2 atom stereocenters. The predicted octanol–water partition coefficient (Wildman–Crippen LogP) is 4.67. The summed E-state index contributed by atoms with van der Waals surface area (Å²) in [5.41, 5.74) is 2.66. The fourth-order valence-electron chi connectivity index (χ4n) is 4.42. The molecule has 6 heteroatoms. The fourth-order valence-corrected chi connectivity index (χ4v) is 4.42. The molecule has 174 valence electrons. The third kappa shape index (κ3) is 6.08. The van der Waals surface area contributed by atoms with E-state index in [0.29, 0.717) is 12.0 Å². The van der Waals surface area contributed by atoms with Gasteiger partial charge in [-0.1, -0.05) is 49.5 Å². The van der Waals surface area contributed by atoms with Crippen LogP contribution in [0.3, 0.4) is 0 Å². The standard InChI is InChI=1S/C27H36N6/c1-4-17-32(5-2)24-12-8-22(9-13-24)6-7-23-10-14-25(15-11-23)33(19-26-29-21-30-26)20-27-28-16-18-31(27)3/h6-8,10-14,16,18,21-22,25H,4-5,9,15,17,19-20H2,1-3H3/b7-6+. The van der Waals surface area contributed by atoms with Gasteiger partial charge in [0.25, 0.3) is 0 Å². The third-order valence-electron chi connectivity index (χ3n) is 6.49. The molecule has 2 heterocycles. The monoisotopic (exact) mass is 444 g/mol. The maximum Gasteiger partial charge on any atom is 0.145 e. The van der Waals surface area contributed by atoms with E-state index in [9.17, 15) is 0 Å². The van der Waals surface area contributed by atoms with Gasteiger partial charge < -0.3 is 9.47 Å². The highest BCUT2D eigenvalue weighted by atomic mass is 15.2. The first-order valence-electron chi connectivity index (χ1n) is 12.2. The highest BCUT2D eigenvalue weighted by Gasteiger charge is 2.22. The molecule has 2 unspecified atom stereocenters. The first-order valence-corrected chi connectivity index (χ1v) is 12.2. The van der Waals surface area contributed by atoms with Crippen LogP contribution in [0.2, 0.25) is 0 Å². The number of aromatic nitrogens is 2. The van der Waals surface area contributed by atoms with Gasteiger partial charge in [0.2, 0.25) is 0 Å². The van der Waals surface area contributed by atoms with E-state index >= 15 is 0 Å². The number of imidazole rings is 1. The summed E-state index contributed by atoms with van der Waals surface area (Å²) in [6.45, 7) is 8.19. The Bertz CT molecular complexity index is 1020. The van der Waals surface area contributed by atoms with E-state index in [2.05, 4.69) is 91.8 Å². The van der Waals surface area contributed by atoms with E-state index in [0.717, 1.165) is 50.7 Å². The third-order valence-corrected chi connectivity index (χ3v) is 6.49. The Morgan fingerprint density at radius 2 is 2.00 bits per heavy atom. The minimum absolute atomic E-state index is 0.316. The zero-order valence-corrected chi connectivity index (χ0v) is 20.1. The topological polar surface area (TPSA) is 49.0 Å². The van der Waals surface area contributed by atoms with Gasteiger partial charge in [0, 0.05) is 44.3 Å². The molecular formula is C27H36N6. The normalized spacial score (nSPS) is 21.9. The Labute approximate surface area is 198 Å². The van der Waals surface area contributed by atoms with Gasteiger partial charge in [0.15, 0.2) is 0 Å². The summed E-state index contributed by atoms with van der Waals surface area (Å²) in [5, 5.41) is 0. The predicted molar refractivity (Wildman–Crippen MR) is 137 cm³/mol. The highest BCUT2D eigenvalue weighted by molar-refractivity contribution is 6.02. The molecule has 0 radical (unpaired) electrons. The minimum Gasteiger partial charge on any atom is -0.372 e. The summed E-state index contributed by atoms with van der Waals surface area (Å²) in [4.78, 5) is 17.9. The molecule has 1 aliphatic heterocycles. The van der Waals surface area contributed by atoms with Crippen LogP contribution in [-0.2, 0) is 13.6 Å². The van der Waals surface area contributed by atoms with Crippen LogP contribution in [0.4, 0.5) is 0 Å². The fraction of sp³-hybridized carbons (Fsp3) is 0.444. The van der Waals surface area contributed by atoms with Crippen LogP contribution in [0.25, 0.3) is 0 Å². The molecule has 0 bridgehead atoms. The lowest BCUT2D eigenvalue weighted by Crippen LogP contribution is -2.39. The molecule has 0 fully saturated rings. The van der Waals surface area contributed by atoms with Crippen molar-refractivity contribution in [2.45, 2.75) is 45.7 Å². The van der Waals surface area contributed by atoms with Gasteiger partial charge in [-0.3, -0.25) is 4.90 Å². The van der Waals surface area contributed by atoms with Crippen molar-refractivity contribution >= 4 is 12.2 Å². The van der Waals surface area contributed by atoms with E-state index in [1.54, 1.807) is 6.34 Å². The molecule has 0 aromatic carbocycles. The number of allylic oxidation sites excluding steroid dienone is 7. The Morgan fingerprint density at radius 3 is 2.58 bits per heavy atom. The maximum atomic E-state index is 4.51. The van der Waals surface area contributed by atoms with Gasteiger partial charge in [0.05, 0.1) is 13.1 Å². The van der Waals surface area contributed by atoms with Crippen molar-refractivity contribution in [2.24, 2.45) is 23.0 Å². The van der Waals surface area contributed by atoms with E-state index in [-0.39, 0.29) is 0 Å². The van der Waals surface area contributed by atoms with Crippen molar-refractivity contribution < 1.29 is 0 Å². The molecule has 33 heavy (non-hydrogen) atoms. The van der Waals surface area contributed by atoms with E-state index in [1.165, 1.54) is 17.7 Å². The molecule has 3 aliphatic rings. The van der Waals surface area contributed by atoms with Crippen molar-refractivity contribution in [3.63, 3.8) is 0 Å². The molecule has 2 aliphatic carbocycles. The largest absolute Gasteiger partial charge is 0.372 e. The molecule has 0 spiro atoms. The van der Waals surface area contributed by atoms with Crippen LogP contribution in [0.1, 0.15) is 38.9 Å². The second kappa shape index (κ2) is 11.2. The summed E-state index contributed by atoms with van der Waals surface area (Å²) in [6, 6.07) is 0.316. The molecule has 1 aromatic heterocycles. The number of likely N-dealkylation sites (N-methyl/N-ethyl adjacent to an activating group) is 1. The number of aryl methyl sites for hydroxylation is 1. The highest BCUT2D eigenvalue weighted by Crippen LogP contribution is 2.23. The Kier molecular flexibility index (Phi) is 7.89. The number of rotatable bonds is 11. The van der Waals surface area contributed by atoms with Crippen molar-refractivity contribution in [2.75, 3.05) is 19.6 Å². The lowest BCUT2D eigenvalue weighted by atomic mass is 9.95. The SMILES string of the molecule is CCCN(CC)C1=CCC(/C=C/C2=CCC(N(CC3=NC=N3)Cc3nccn3C)C=C2)C=C1. The zero-order valence-electron chi connectivity index (χ0n) is 20.1. The maximum absolute atomic E-state index is 4.51. The molecule has 1 aromatic rings.